The van der Waals surface area contributed by atoms with Gasteiger partial charge in [-0.25, -0.2) is 0 Å². The molecule has 0 aliphatic carbocycles. The zero-order valence-corrected chi connectivity index (χ0v) is 39.7. The summed E-state index contributed by atoms with van der Waals surface area (Å²) in [5.41, 5.74) is 0. The van der Waals surface area contributed by atoms with Crippen molar-refractivity contribution in [3.05, 3.63) is 48.6 Å². The molecule has 0 fully saturated rings. The van der Waals surface area contributed by atoms with Crippen LogP contribution in [-0.4, -0.2) is 37.2 Å². The number of rotatable bonds is 46. The van der Waals surface area contributed by atoms with E-state index in [2.05, 4.69) is 69.4 Å². The average Bonchev–Trinajstić information content (AvgIpc) is 3.24. The SMILES string of the molecule is CC/C=C\C/C=C\C/C=C\CCCCCCCC(=O)OC[C@@H](COC(=O)CCCCCCCCCCCCCC)OC(=O)CCCCCCC/C=C\CCCCCCCC. The molecule has 60 heavy (non-hydrogen) atoms. The average molecular weight is 841 g/mol. The Morgan fingerprint density at radius 3 is 1.03 bits per heavy atom. The van der Waals surface area contributed by atoms with Crippen molar-refractivity contribution in [2.24, 2.45) is 0 Å². The van der Waals surface area contributed by atoms with Gasteiger partial charge in [0.15, 0.2) is 6.10 Å². The third kappa shape index (κ3) is 46.4. The minimum Gasteiger partial charge on any atom is -0.462 e. The van der Waals surface area contributed by atoms with Crippen LogP contribution in [0.3, 0.4) is 0 Å². The molecule has 0 aromatic rings. The van der Waals surface area contributed by atoms with E-state index in [1.54, 1.807) is 0 Å². The topological polar surface area (TPSA) is 78.9 Å². The molecule has 0 heterocycles. The number of unbranched alkanes of at least 4 members (excludes halogenated alkanes) is 27. The van der Waals surface area contributed by atoms with Crippen LogP contribution in [0.5, 0.6) is 0 Å². The van der Waals surface area contributed by atoms with Crippen LogP contribution in [0.2, 0.25) is 0 Å². The van der Waals surface area contributed by atoms with Gasteiger partial charge in [0.2, 0.25) is 0 Å². The fraction of sp³-hybridized carbons (Fsp3) is 0.796. The van der Waals surface area contributed by atoms with E-state index in [0.29, 0.717) is 19.3 Å². The van der Waals surface area contributed by atoms with E-state index in [9.17, 15) is 14.4 Å². The van der Waals surface area contributed by atoms with E-state index in [4.69, 9.17) is 14.2 Å². The molecule has 0 spiro atoms. The number of allylic oxidation sites excluding steroid dienone is 8. The minimum absolute atomic E-state index is 0.0798. The molecule has 0 saturated heterocycles. The second-order valence-corrected chi connectivity index (χ2v) is 17.1. The standard InChI is InChI=1S/C54H96O6/c1-4-7-10-13-16-19-22-25-27-29-32-35-38-41-44-47-53(56)59-50-51(49-58-52(55)46-43-40-37-34-31-24-21-18-15-12-9-6-3)60-54(57)48-45-42-39-36-33-30-28-26-23-20-17-14-11-8-5-2/h7,10,16,19,25-28,51H,4-6,8-9,11-15,17-18,20-24,29-50H2,1-3H3/b10-7-,19-16-,27-25-,28-26-/t51-/m1/s1. The minimum atomic E-state index is -0.781. The van der Waals surface area contributed by atoms with Gasteiger partial charge >= 0.3 is 17.9 Å². The Balaban J connectivity index is 4.40. The van der Waals surface area contributed by atoms with Gasteiger partial charge in [-0.05, 0) is 77.0 Å². The Labute approximate surface area is 371 Å². The van der Waals surface area contributed by atoms with E-state index >= 15 is 0 Å². The molecule has 0 N–H and O–H groups in total. The Bertz CT molecular complexity index is 1060. The zero-order valence-electron chi connectivity index (χ0n) is 39.7. The van der Waals surface area contributed by atoms with Crippen molar-refractivity contribution in [2.75, 3.05) is 13.2 Å². The molecule has 0 saturated carbocycles. The number of ether oxygens (including phenoxy) is 3. The Morgan fingerprint density at radius 1 is 0.350 bits per heavy atom. The van der Waals surface area contributed by atoms with Gasteiger partial charge in [0.05, 0.1) is 0 Å². The van der Waals surface area contributed by atoms with Crippen molar-refractivity contribution in [1.82, 2.24) is 0 Å². The lowest BCUT2D eigenvalue weighted by atomic mass is 10.0. The van der Waals surface area contributed by atoms with Crippen LogP contribution in [0.1, 0.15) is 258 Å². The lowest BCUT2D eigenvalue weighted by molar-refractivity contribution is -0.167. The molecule has 0 aromatic heterocycles. The summed E-state index contributed by atoms with van der Waals surface area (Å²) < 4.78 is 16.8. The van der Waals surface area contributed by atoms with Crippen LogP contribution in [0.15, 0.2) is 48.6 Å². The van der Waals surface area contributed by atoms with Crippen molar-refractivity contribution < 1.29 is 28.6 Å². The van der Waals surface area contributed by atoms with Gasteiger partial charge in [0, 0.05) is 19.3 Å². The largest absolute Gasteiger partial charge is 0.462 e. The molecule has 6 nitrogen and oxygen atoms in total. The summed E-state index contributed by atoms with van der Waals surface area (Å²) in [6.45, 7) is 6.51. The molecule has 6 heteroatoms. The van der Waals surface area contributed by atoms with Gasteiger partial charge in [-0.3, -0.25) is 14.4 Å². The van der Waals surface area contributed by atoms with Crippen LogP contribution in [0.4, 0.5) is 0 Å². The molecule has 1 atom stereocenters. The predicted molar refractivity (Wildman–Crippen MR) is 256 cm³/mol. The van der Waals surface area contributed by atoms with Crippen molar-refractivity contribution >= 4 is 17.9 Å². The highest BCUT2D eigenvalue weighted by molar-refractivity contribution is 5.71. The highest BCUT2D eigenvalue weighted by Crippen LogP contribution is 2.15. The first-order valence-electron chi connectivity index (χ1n) is 25.6. The van der Waals surface area contributed by atoms with Crippen LogP contribution < -0.4 is 0 Å². The smallest absolute Gasteiger partial charge is 0.306 e. The maximum Gasteiger partial charge on any atom is 0.306 e. The molecule has 0 aromatic carbocycles. The summed E-state index contributed by atoms with van der Waals surface area (Å²) in [7, 11) is 0. The van der Waals surface area contributed by atoms with E-state index in [0.717, 1.165) is 109 Å². The lowest BCUT2D eigenvalue weighted by Gasteiger charge is -2.18. The van der Waals surface area contributed by atoms with Crippen molar-refractivity contribution in [3.8, 4) is 0 Å². The Kier molecular flexibility index (Phi) is 46.9. The molecular weight excluding hydrogens is 745 g/mol. The predicted octanol–water partition coefficient (Wildman–Crippen LogP) is 16.7. The third-order valence-corrected chi connectivity index (χ3v) is 11.1. The van der Waals surface area contributed by atoms with Gasteiger partial charge in [0.1, 0.15) is 13.2 Å². The summed E-state index contributed by atoms with van der Waals surface area (Å²) in [5.74, 6) is -0.899. The summed E-state index contributed by atoms with van der Waals surface area (Å²) >= 11 is 0. The summed E-state index contributed by atoms with van der Waals surface area (Å²) in [6.07, 6.45) is 58.0. The summed E-state index contributed by atoms with van der Waals surface area (Å²) in [4.78, 5) is 37.9. The lowest BCUT2D eigenvalue weighted by Crippen LogP contribution is -2.30. The number of hydrogen-bond donors (Lipinski definition) is 0. The highest BCUT2D eigenvalue weighted by Gasteiger charge is 2.19. The van der Waals surface area contributed by atoms with Gasteiger partial charge in [0.25, 0.3) is 0 Å². The molecular formula is C54H96O6. The van der Waals surface area contributed by atoms with Crippen molar-refractivity contribution in [2.45, 2.75) is 264 Å². The zero-order chi connectivity index (χ0) is 43.7. The number of esters is 3. The van der Waals surface area contributed by atoms with Gasteiger partial charge in [-0.15, -0.1) is 0 Å². The van der Waals surface area contributed by atoms with E-state index in [1.165, 1.54) is 109 Å². The summed E-state index contributed by atoms with van der Waals surface area (Å²) in [6, 6.07) is 0. The number of hydrogen-bond acceptors (Lipinski definition) is 6. The molecule has 0 radical (unpaired) electrons. The quantitative estimate of drug-likeness (QED) is 0.0263. The molecule has 0 aliphatic heterocycles. The van der Waals surface area contributed by atoms with Gasteiger partial charge in [-0.2, -0.15) is 0 Å². The number of carbonyl (C=O) groups is 3. The maximum absolute atomic E-state index is 12.8. The van der Waals surface area contributed by atoms with Gasteiger partial charge < -0.3 is 14.2 Å². The molecule has 0 bridgehead atoms. The molecule has 0 unspecified atom stereocenters. The van der Waals surface area contributed by atoms with Crippen LogP contribution >= 0.6 is 0 Å². The van der Waals surface area contributed by atoms with E-state index < -0.39 is 6.10 Å². The Morgan fingerprint density at radius 2 is 0.650 bits per heavy atom. The van der Waals surface area contributed by atoms with Crippen LogP contribution in [0, 0.1) is 0 Å². The fourth-order valence-electron chi connectivity index (χ4n) is 7.22. The third-order valence-electron chi connectivity index (χ3n) is 11.1. The molecule has 348 valence electrons. The second-order valence-electron chi connectivity index (χ2n) is 17.1. The number of carbonyl (C=O) groups excluding carboxylic acids is 3. The maximum atomic E-state index is 12.8. The molecule has 0 amide bonds. The van der Waals surface area contributed by atoms with E-state index in [1.807, 2.05) is 0 Å². The normalized spacial score (nSPS) is 12.4. The Hall–Kier alpha value is -2.63. The van der Waals surface area contributed by atoms with Gasteiger partial charge in [-0.1, -0.05) is 211 Å². The van der Waals surface area contributed by atoms with E-state index in [-0.39, 0.29) is 31.1 Å². The molecule has 0 rings (SSSR count). The second kappa shape index (κ2) is 49.0. The van der Waals surface area contributed by atoms with Crippen molar-refractivity contribution in [3.63, 3.8) is 0 Å². The highest BCUT2D eigenvalue weighted by atomic mass is 16.6. The monoisotopic (exact) mass is 841 g/mol. The first-order chi connectivity index (χ1) is 29.5. The van der Waals surface area contributed by atoms with Crippen molar-refractivity contribution in [1.29, 1.82) is 0 Å². The first kappa shape index (κ1) is 57.4. The van der Waals surface area contributed by atoms with Crippen LogP contribution in [-0.2, 0) is 28.6 Å². The fourth-order valence-corrected chi connectivity index (χ4v) is 7.22. The summed E-state index contributed by atoms with van der Waals surface area (Å²) in [5, 5.41) is 0. The molecule has 0 aliphatic rings. The van der Waals surface area contributed by atoms with Crippen LogP contribution in [0.25, 0.3) is 0 Å². The first-order valence-corrected chi connectivity index (χ1v) is 25.6.